The molecule has 0 aliphatic rings. The zero-order valence-electron chi connectivity index (χ0n) is 4.34. The summed E-state index contributed by atoms with van der Waals surface area (Å²) in [7, 11) is -0.0171. The average Bonchev–Trinajstić information content (AvgIpc) is 1.90. The van der Waals surface area contributed by atoms with Crippen LogP contribution in [0.4, 0.5) is 0 Å². The van der Waals surface area contributed by atoms with E-state index in [4.69, 9.17) is 11.2 Å². The smallest absolute Gasteiger partial charge is 0.0620 e. The van der Waals surface area contributed by atoms with Gasteiger partial charge in [-0.25, -0.2) is 0 Å². The van der Waals surface area contributed by atoms with Gasteiger partial charge in [0.15, 0.2) is 0 Å². The van der Waals surface area contributed by atoms with Gasteiger partial charge in [0.2, 0.25) is 0 Å². The van der Waals surface area contributed by atoms with Crippen LogP contribution < -0.4 is 5.30 Å². The van der Waals surface area contributed by atoms with Gasteiger partial charge in [-0.05, 0) is 12.1 Å². The van der Waals surface area contributed by atoms with Crippen LogP contribution in [0.3, 0.4) is 0 Å². The summed E-state index contributed by atoms with van der Waals surface area (Å²) < 4.78 is 0. The second kappa shape index (κ2) is 3.06. The topological polar surface area (TPSA) is 0 Å². The Kier molecular flexibility index (Phi) is 2.32. The van der Waals surface area contributed by atoms with Gasteiger partial charge < -0.3 is 0 Å². The van der Waals surface area contributed by atoms with Crippen molar-refractivity contribution in [1.29, 1.82) is 0 Å². The third-order valence-electron chi connectivity index (χ3n) is 0.926. The highest BCUT2D eigenvalue weighted by Gasteiger charge is 1.90. The van der Waals surface area contributed by atoms with Gasteiger partial charge in [0.05, 0.1) is 11.2 Å². The van der Waals surface area contributed by atoms with Crippen molar-refractivity contribution in [2.45, 2.75) is 0 Å². The zero-order valence-corrected chi connectivity index (χ0v) is 6.25. The Balaban J connectivity index is 2.83. The van der Waals surface area contributed by atoms with E-state index in [0.717, 1.165) is 0 Å². The van der Waals surface area contributed by atoms with Gasteiger partial charge in [-0.15, -0.1) is 0 Å². The Morgan fingerprint density at radius 3 is 2.12 bits per heavy atom. The Morgan fingerprint density at radius 2 is 1.75 bits per heavy atom. The van der Waals surface area contributed by atoms with Crippen LogP contribution in [0.15, 0.2) is 30.3 Å². The van der Waals surface area contributed by atoms with Gasteiger partial charge in [0.25, 0.3) is 0 Å². The first kappa shape index (κ1) is 6.07. The predicted molar refractivity (Wildman–Crippen MR) is 41.6 cm³/mol. The van der Waals surface area contributed by atoms with E-state index in [0.29, 0.717) is 0 Å². The molecule has 0 aromatic heterocycles. The lowest BCUT2D eigenvalue weighted by Gasteiger charge is -1.81. The number of rotatable bonds is 1. The summed E-state index contributed by atoms with van der Waals surface area (Å²) in [6.07, 6.45) is 0. The molecule has 1 atom stereocenters. The normalized spacial score (nSPS) is 10.6. The number of halogens is 1. The van der Waals surface area contributed by atoms with Gasteiger partial charge in [-0.3, -0.25) is 0 Å². The first-order chi connectivity index (χ1) is 3.93. The molecule has 0 amide bonds. The van der Waals surface area contributed by atoms with Crippen molar-refractivity contribution in [2.24, 2.45) is 0 Å². The van der Waals surface area contributed by atoms with Crippen molar-refractivity contribution in [3.63, 3.8) is 0 Å². The highest BCUT2D eigenvalue weighted by molar-refractivity contribution is 7.74. The molecule has 1 unspecified atom stereocenters. The van der Waals surface area contributed by atoms with Crippen LogP contribution in [-0.2, 0) is 0 Å². The number of benzene rings is 1. The molecule has 0 aliphatic carbocycles. The lowest BCUT2D eigenvalue weighted by atomic mass is 10.4. The zero-order chi connectivity index (χ0) is 5.82. The fourth-order valence-electron chi connectivity index (χ4n) is 0.526. The van der Waals surface area contributed by atoms with Crippen LogP contribution in [0.25, 0.3) is 0 Å². The van der Waals surface area contributed by atoms with Crippen molar-refractivity contribution in [3.8, 4) is 0 Å². The molecule has 0 spiro atoms. The molecule has 1 rings (SSSR count). The van der Waals surface area contributed by atoms with Crippen LogP contribution in [0.1, 0.15) is 0 Å². The van der Waals surface area contributed by atoms with Gasteiger partial charge in [0, 0.05) is 0 Å². The van der Waals surface area contributed by atoms with E-state index in [-0.39, 0.29) is 7.93 Å². The van der Waals surface area contributed by atoms with Crippen LogP contribution in [0.2, 0.25) is 0 Å². The van der Waals surface area contributed by atoms with Crippen molar-refractivity contribution < 1.29 is 0 Å². The predicted octanol–water partition coefficient (Wildman–Crippen LogP) is 1.88. The first-order valence-electron chi connectivity index (χ1n) is 2.42. The Hall–Kier alpha value is -0.0600. The molecule has 0 saturated carbocycles. The minimum absolute atomic E-state index is 0.0171. The van der Waals surface area contributed by atoms with Crippen molar-refractivity contribution in [1.82, 2.24) is 0 Å². The largest absolute Gasteiger partial charge is 0.120 e. The van der Waals surface area contributed by atoms with E-state index >= 15 is 0 Å². The highest BCUT2D eigenvalue weighted by atomic mass is 35.7. The minimum Gasteiger partial charge on any atom is -0.0620 e. The molecule has 0 bridgehead atoms. The lowest BCUT2D eigenvalue weighted by molar-refractivity contribution is 1.78. The fourth-order valence-corrected chi connectivity index (χ4v) is 1.33. The summed E-state index contributed by atoms with van der Waals surface area (Å²) in [5.41, 5.74) is 0. The third-order valence-corrected chi connectivity index (χ3v) is 2.32. The number of hydrogen-bond acceptors (Lipinski definition) is 0. The second-order valence-electron chi connectivity index (χ2n) is 1.52. The SMILES string of the molecule is Cl[PH2+]c1ccccc1. The summed E-state index contributed by atoms with van der Waals surface area (Å²) in [5.74, 6) is 0. The summed E-state index contributed by atoms with van der Waals surface area (Å²) in [4.78, 5) is 0. The van der Waals surface area contributed by atoms with Gasteiger partial charge in [0.1, 0.15) is 13.2 Å². The number of hydrogen-bond donors (Lipinski definition) is 0. The maximum atomic E-state index is 5.61. The summed E-state index contributed by atoms with van der Waals surface area (Å²) in [6.45, 7) is 0. The molecule has 8 heavy (non-hydrogen) atoms. The van der Waals surface area contributed by atoms with E-state index < -0.39 is 0 Å². The molecule has 42 valence electrons. The Bertz CT molecular complexity index is 150. The summed E-state index contributed by atoms with van der Waals surface area (Å²) in [5, 5.41) is 1.26. The fraction of sp³-hybridized carbons (Fsp3) is 0. The Morgan fingerprint density at radius 1 is 1.12 bits per heavy atom. The Labute approximate surface area is 55.4 Å². The first-order valence-corrected chi connectivity index (χ1v) is 4.74. The van der Waals surface area contributed by atoms with E-state index in [1.54, 1.807) is 0 Å². The molecule has 0 radical (unpaired) electrons. The van der Waals surface area contributed by atoms with Gasteiger partial charge in [-0.1, -0.05) is 18.2 Å². The van der Waals surface area contributed by atoms with Crippen molar-refractivity contribution in [2.75, 3.05) is 0 Å². The lowest BCUT2D eigenvalue weighted by Crippen LogP contribution is -1.85. The second-order valence-corrected chi connectivity index (χ2v) is 3.06. The van der Waals surface area contributed by atoms with E-state index in [1.807, 2.05) is 30.3 Å². The quantitative estimate of drug-likeness (QED) is 0.530. The molecule has 2 heteroatoms. The minimum atomic E-state index is -0.0171. The molecule has 1 aromatic carbocycles. The van der Waals surface area contributed by atoms with Crippen LogP contribution >= 0.6 is 19.2 Å². The highest BCUT2D eigenvalue weighted by Crippen LogP contribution is 2.13. The van der Waals surface area contributed by atoms with Crippen LogP contribution in [-0.4, -0.2) is 0 Å². The molecular formula is C6H7ClP+. The van der Waals surface area contributed by atoms with Gasteiger partial charge >= 0.3 is 0 Å². The van der Waals surface area contributed by atoms with Crippen molar-refractivity contribution in [3.05, 3.63) is 30.3 Å². The van der Waals surface area contributed by atoms with E-state index in [9.17, 15) is 0 Å². The molecule has 0 N–H and O–H groups in total. The van der Waals surface area contributed by atoms with Gasteiger partial charge in [-0.2, -0.15) is 0 Å². The third kappa shape index (κ3) is 1.47. The molecule has 0 heterocycles. The van der Waals surface area contributed by atoms with Crippen molar-refractivity contribution >= 4 is 24.5 Å². The maximum absolute atomic E-state index is 5.61. The van der Waals surface area contributed by atoms with E-state index in [1.165, 1.54) is 5.30 Å². The molecule has 0 saturated heterocycles. The molecule has 1 aromatic rings. The molecular weight excluding hydrogens is 138 g/mol. The summed E-state index contributed by atoms with van der Waals surface area (Å²) in [6, 6.07) is 10.1. The summed E-state index contributed by atoms with van der Waals surface area (Å²) >= 11 is 5.61. The molecule has 0 nitrogen and oxygen atoms in total. The van der Waals surface area contributed by atoms with E-state index in [2.05, 4.69) is 0 Å². The molecule has 0 fully saturated rings. The van der Waals surface area contributed by atoms with Crippen LogP contribution in [0.5, 0.6) is 0 Å². The maximum Gasteiger partial charge on any atom is 0.120 e. The van der Waals surface area contributed by atoms with Crippen LogP contribution in [0, 0.1) is 0 Å². The average molecular weight is 146 g/mol. The monoisotopic (exact) mass is 145 g/mol. The molecule has 0 aliphatic heterocycles. The standard InChI is InChI=1S/C6H6ClP/c7-8-6-4-2-1-3-5-6/h1-5,8H/p+1.